The first-order chi connectivity index (χ1) is 11.4. The first kappa shape index (κ1) is 22.7. The second kappa shape index (κ2) is 12.1. The fourth-order valence-electron chi connectivity index (χ4n) is 3.35. The van der Waals surface area contributed by atoms with Gasteiger partial charge >= 0.3 is 0 Å². The molecule has 0 radical (unpaired) electrons. The average Bonchev–Trinajstić information content (AvgIpc) is 2.54. The molecule has 0 amide bonds. The van der Waals surface area contributed by atoms with E-state index in [1.807, 2.05) is 18.2 Å². The topological polar surface area (TPSA) is 29.3 Å². The van der Waals surface area contributed by atoms with Crippen molar-refractivity contribution < 1.29 is 0 Å². The molecule has 0 rings (SSSR count). The maximum Gasteiger partial charge on any atom is 0.0174 e. The Hall–Kier alpha value is -1.28. The molecule has 0 aromatic carbocycles. The van der Waals surface area contributed by atoms with E-state index < -0.39 is 0 Å². The lowest BCUT2D eigenvalue weighted by Crippen LogP contribution is -2.24. The van der Waals surface area contributed by atoms with Crippen molar-refractivity contribution in [1.29, 1.82) is 0 Å². The first-order valence-corrected chi connectivity index (χ1v) is 9.30. The lowest BCUT2D eigenvalue weighted by molar-refractivity contribution is 0.255. The van der Waals surface area contributed by atoms with Gasteiger partial charge in [-0.2, -0.15) is 0 Å². The van der Waals surface area contributed by atoms with Crippen LogP contribution in [0.4, 0.5) is 0 Å². The molecule has 1 atom stereocenters. The molecule has 0 spiro atoms. The van der Waals surface area contributed by atoms with Gasteiger partial charge < -0.3 is 10.6 Å². The van der Waals surface area contributed by atoms with Gasteiger partial charge in [-0.3, -0.25) is 0 Å². The lowest BCUT2D eigenvalue weighted by atomic mass is 9.76. The van der Waals surface area contributed by atoms with Crippen LogP contribution in [0.25, 0.3) is 0 Å². The van der Waals surface area contributed by atoms with Gasteiger partial charge in [0.2, 0.25) is 0 Å². The molecule has 0 saturated heterocycles. The Morgan fingerprint density at radius 3 is 2.00 bits per heavy atom. The fraction of sp³-hybridized carbons (Fsp3) is 0.636. The standard InChI is InChI=1S/C22H40N2/c1-7-12-21(5,13-8-2)17-20-24(6)19-11-15-22(10-4,14-9-3)16-18-23/h7-9,11,19H,1-3,10,12-18,20,23H2,4-6H3/b19-11+. The first-order valence-electron chi connectivity index (χ1n) is 9.30. The van der Waals surface area contributed by atoms with Gasteiger partial charge in [-0.25, -0.2) is 0 Å². The summed E-state index contributed by atoms with van der Waals surface area (Å²) in [6, 6.07) is 0. The van der Waals surface area contributed by atoms with E-state index in [9.17, 15) is 0 Å². The predicted molar refractivity (Wildman–Crippen MR) is 110 cm³/mol. The summed E-state index contributed by atoms with van der Waals surface area (Å²) >= 11 is 0. The molecule has 0 saturated carbocycles. The van der Waals surface area contributed by atoms with Crippen LogP contribution in [0.2, 0.25) is 0 Å². The molecule has 2 nitrogen and oxygen atoms in total. The monoisotopic (exact) mass is 332 g/mol. The maximum atomic E-state index is 5.82. The number of nitrogens with two attached hydrogens (primary N) is 1. The minimum Gasteiger partial charge on any atom is -0.381 e. The van der Waals surface area contributed by atoms with E-state index in [4.69, 9.17) is 5.73 Å². The molecule has 24 heavy (non-hydrogen) atoms. The van der Waals surface area contributed by atoms with Gasteiger partial charge in [-0.15, -0.1) is 19.7 Å². The molecule has 0 aromatic heterocycles. The number of allylic oxidation sites excluding steroid dienone is 4. The molecule has 1 unspecified atom stereocenters. The van der Waals surface area contributed by atoms with Crippen molar-refractivity contribution in [1.82, 2.24) is 4.90 Å². The van der Waals surface area contributed by atoms with Gasteiger partial charge in [-0.1, -0.05) is 38.2 Å². The zero-order chi connectivity index (χ0) is 18.5. The van der Waals surface area contributed by atoms with Crippen molar-refractivity contribution in [2.45, 2.75) is 58.8 Å². The van der Waals surface area contributed by atoms with Crippen molar-refractivity contribution in [2.24, 2.45) is 16.6 Å². The Bertz CT molecular complexity index is 387. The van der Waals surface area contributed by atoms with Crippen molar-refractivity contribution in [3.63, 3.8) is 0 Å². The Morgan fingerprint density at radius 2 is 1.54 bits per heavy atom. The highest BCUT2D eigenvalue weighted by Gasteiger charge is 2.24. The summed E-state index contributed by atoms with van der Waals surface area (Å²) < 4.78 is 0. The fourth-order valence-corrected chi connectivity index (χ4v) is 3.35. The quantitative estimate of drug-likeness (QED) is 0.390. The summed E-state index contributed by atoms with van der Waals surface area (Å²) in [5, 5.41) is 0. The highest BCUT2D eigenvalue weighted by atomic mass is 15.1. The zero-order valence-corrected chi connectivity index (χ0v) is 16.4. The Morgan fingerprint density at radius 1 is 0.958 bits per heavy atom. The largest absolute Gasteiger partial charge is 0.381 e. The van der Waals surface area contributed by atoms with Crippen LogP contribution >= 0.6 is 0 Å². The minimum atomic E-state index is 0.265. The third kappa shape index (κ3) is 8.54. The van der Waals surface area contributed by atoms with Crippen LogP contribution < -0.4 is 5.73 Å². The van der Waals surface area contributed by atoms with E-state index in [-0.39, 0.29) is 10.8 Å². The Balaban J connectivity index is 4.59. The number of rotatable bonds is 15. The molecule has 0 aliphatic heterocycles. The van der Waals surface area contributed by atoms with Gasteiger partial charge in [0, 0.05) is 13.6 Å². The van der Waals surface area contributed by atoms with E-state index in [0.29, 0.717) is 0 Å². The normalized spacial score (nSPS) is 14.3. The lowest BCUT2D eigenvalue weighted by Gasteiger charge is -2.31. The van der Waals surface area contributed by atoms with Crippen LogP contribution in [0.15, 0.2) is 50.2 Å². The van der Waals surface area contributed by atoms with Crippen molar-refractivity contribution in [2.75, 3.05) is 20.1 Å². The summed E-state index contributed by atoms with van der Waals surface area (Å²) in [6.45, 7) is 18.1. The molecule has 0 bridgehead atoms. The second-order valence-corrected chi connectivity index (χ2v) is 7.50. The van der Waals surface area contributed by atoms with Crippen molar-refractivity contribution >= 4 is 0 Å². The van der Waals surface area contributed by atoms with Crippen LogP contribution in [0.5, 0.6) is 0 Å². The number of hydrogen-bond acceptors (Lipinski definition) is 2. The molecule has 0 aliphatic carbocycles. The second-order valence-electron chi connectivity index (χ2n) is 7.50. The molecular formula is C22H40N2. The van der Waals surface area contributed by atoms with Crippen molar-refractivity contribution in [3.05, 3.63) is 50.2 Å². The van der Waals surface area contributed by atoms with Gasteiger partial charge in [0.1, 0.15) is 0 Å². The van der Waals surface area contributed by atoms with E-state index >= 15 is 0 Å². The molecule has 0 aromatic rings. The molecule has 0 aliphatic rings. The highest BCUT2D eigenvalue weighted by Crippen LogP contribution is 2.35. The number of nitrogens with zero attached hydrogens (tertiary/aromatic N) is 1. The number of hydrogen-bond donors (Lipinski definition) is 1. The minimum absolute atomic E-state index is 0.265. The molecule has 0 fully saturated rings. The zero-order valence-electron chi connectivity index (χ0n) is 16.4. The van der Waals surface area contributed by atoms with Crippen LogP contribution in [0.3, 0.4) is 0 Å². The molecule has 138 valence electrons. The summed E-state index contributed by atoms with van der Waals surface area (Å²) in [4.78, 5) is 2.29. The molecule has 0 heterocycles. The molecular weight excluding hydrogens is 292 g/mol. The SMILES string of the molecule is C=CCC(C)(CC=C)CCN(C)/C=C/CC(CC)(CC=C)CCN. The Kier molecular flexibility index (Phi) is 11.5. The summed E-state index contributed by atoms with van der Waals surface area (Å²) in [7, 11) is 2.16. The predicted octanol–water partition coefficient (Wildman–Crippen LogP) is 5.69. The average molecular weight is 333 g/mol. The van der Waals surface area contributed by atoms with E-state index in [1.165, 1.54) is 0 Å². The maximum absolute atomic E-state index is 5.82. The smallest absolute Gasteiger partial charge is 0.0174 e. The van der Waals surface area contributed by atoms with E-state index in [2.05, 4.69) is 57.8 Å². The van der Waals surface area contributed by atoms with Gasteiger partial charge in [0.05, 0.1) is 0 Å². The van der Waals surface area contributed by atoms with Gasteiger partial charge in [0.25, 0.3) is 0 Å². The summed E-state index contributed by atoms with van der Waals surface area (Å²) in [5.41, 5.74) is 6.36. The van der Waals surface area contributed by atoms with Crippen LogP contribution in [0, 0.1) is 10.8 Å². The summed E-state index contributed by atoms with van der Waals surface area (Å²) in [5.74, 6) is 0. The third-order valence-corrected chi connectivity index (χ3v) is 5.26. The van der Waals surface area contributed by atoms with Crippen molar-refractivity contribution in [3.8, 4) is 0 Å². The summed E-state index contributed by atoms with van der Waals surface area (Å²) in [6.07, 6.45) is 18.1. The third-order valence-electron chi connectivity index (χ3n) is 5.26. The van der Waals surface area contributed by atoms with Crippen LogP contribution in [-0.4, -0.2) is 25.0 Å². The van der Waals surface area contributed by atoms with E-state index in [1.54, 1.807) is 0 Å². The highest BCUT2D eigenvalue weighted by molar-refractivity contribution is 4.95. The van der Waals surface area contributed by atoms with E-state index in [0.717, 1.165) is 58.0 Å². The van der Waals surface area contributed by atoms with Gasteiger partial charge in [0.15, 0.2) is 0 Å². The Labute approximate surface area is 151 Å². The molecule has 2 heteroatoms. The van der Waals surface area contributed by atoms with Crippen LogP contribution in [-0.2, 0) is 0 Å². The van der Waals surface area contributed by atoms with Crippen LogP contribution in [0.1, 0.15) is 58.8 Å². The molecule has 2 N–H and O–H groups in total. The van der Waals surface area contributed by atoms with Gasteiger partial charge in [-0.05, 0) is 68.5 Å².